The number of hydrogen-bond acceptors (Lipinski definition) is 3. The van der Waals surface area contributed by atoms with Crippen molar-refractivity contribution >= 4 is 0 Å². The van der Waals surface area contributed by atoms with Crippen LogP contribution in [0.5, 0.6) is 0 Å². The Morgan fingerprint density at radius 1 is 1.29 bits per heavy atom. The number of aromatic nitrogens is 2. The highest BCUT2D eigenvalue weighted by Gasteiger charge is 2.22. The SMILES string of the molecule is Cc1oc(C)c(C(O)Cc2ccn(C3CCCC3)n2)c1C. The Kier molecular flexibility index (Phi) is 3.89. The van der Waals surface area contributed by atoms with Gasteiger partial charge in [-0.15, -0.1) is 0 Å². The molecule has 1 saturated carbocycles. The van der Waals surface area contributed by atoms with Gasteiger partial charge in [0, 0.05) is 18.2 Å². The van der Waals surface area contributed by atoms with Gasteiger partial charge in [-0.1, -0.05) is 12.8 Å². The van der Waals surface area contributed by atoms with E-state index >= 15 is 0 Å². The quantitative estimate of drug-likeness (QED) is 0.931. The lowest BCUT2D eigenvalue weighted by Crippen LogP contribution is -2.08. The smallest absolute Gasteiger partial charge is 0.107 e. The standard InChI is InChI=1S/C17H24N2O2/c1-11-12(2)21-13(3)17(11)16(20)10-14-8-9-19(18-14)15-6-4-5-7-15/h8-9,15-16,20H,4-7,10H2,1-3H3. The molecule has 2 heterocycles. The van der Waals surface area contributed by atoms with Crippen LogP contribution in [0.3, 0.4) is 0 Å². The highest BCUT2D eigenvalue weighted by Crippen LogP contribution is 2.31. The molecule has 1 aliphatic rings. The molecule has 3 rings (SSSR count). The normalized spacial score (nSPS) is 17.5. The van der Waals surface area contributed by atoms with E-state index in [9.17, 15) is 5.11 Å². The average Bonchev–Trinajstić information content (AvgIpc) is 3.11. The fourth-order valence-corrected chi connectivity index (χ4v) is 3.46. The molecule has 2 aromatic rings. The minimum Gasteiger partial charge on any atom is -0.466 e. The maximum Gasteiger partial charge on any atom is 0.107 e. The molecule has 1 unspecified atom stereocenters. The Morgan fingerprint density at radius 2 is 2.00 bits per heavy atom. The van der Waals surface area contributed by atoms with E-state index in [-0.39, 0.29) is 0 Å². The van der Waals surface area contributed by atoms with Gasteiger partial charge in [0.25, 0.3) is 0 Å². The zero-order valence-electron chi connectivity index (χ0n) is 13.1. The summed E-state index contributed by atoms with van der Waals surface area (Å²) in [7, 11) is 0. The molecule has 1 fully saturated rings. The maximum absolute atomic E-state index is 10.5. The Labute approximate surface area is 125 Å². The van der Waals surface area contributed by atoms with Crippen LogP contribution >= 0.6 is 0 Å². The minimum atomic E-state index is -0.547. The summed E-state index contributed by atoms with van der Waals surface area (Å²) in [6.07, 6.45) is 7.10. The van der Waals surface area contributed by atoms with Crippen LogP contribution in [0.2, 0.25) is 0 Å². The first-order chi connectivity index (χ1) is 10.1. The molecule has 0 amide bonds. The largest absolute Gasteiger partial charge is 0.466 e. The lowest BCUT2D eigenvalue weighted by molar-refractivity contribution is 0.174. The van der Waals surface area contributed by atoms with Crippen molar-refractivity contribution in [1.29, 1.82) is 0 Å². The minimum absolute atomic E-state index is 0.542. The first-order valence-electron chi connectivity index (χ1n) is 7.85. The van der Waals surface area contributed by atoms with Gasteiger partial charge in [0.05, 0.1) is 17.8 Å². The lowest BCUT2D eigenvalue weighted by Gasteiger charge is -2.11. The molecule has 1 aliphatic carbocycles. The van der Waals surface area contributed by atoms with E-state index in [1.165, 1.54) is 25.7 Å². The first-order valence-corrected chi connectivity index (χ1v) is 7.85. The highest BCUT2D eigenvalue weighted by molar-refractivity contribution is 5.33. The van der Waals surface area contributed by atoms with E-state index in [0.29, 0.717) is 12.5 Å². The Hall–Kier alpha value is -1.55. The summed E-state index contributed by atoms with van der Waals surface area (Å²) in [4.78, 5) is 0. The van der Waals surface area contributed by atoms with Crippen LogP contribution in [0.25, 0.3) is 0 Å². The number of hydrogen-bond donors (Lipinski definition) is 1. The van der Waals surface area contributed by atoms with E-state index in [0.717, 1.165) is 28.3 Å². The van der Waals surface area contributed by atoms with Crippen LogP contribution in [-0.2, 0) is 6.42 Å². The molecule has 4 nitrogen and oxygen atoms in total. The summed E-state index contributed by atoms with van der Waals surface area (Å²) in [5.74, 6) is 1.70. The molecular formula is C17H24N2O2. The summed E-state index contributed by atoms with van der Waals surface area (Å²) in [5.41, 5.74) is 2.92. The Morgan fingerprint density at radius 3 is 2.62 bits per heavy atom. The molecule has 1 atom stereocenters. The summed E-state index contributed by atoms with van der Waals surface area (Å²) < 4.78 is 7.68. The highest BCUT2D eigenvalue weighted by atomic mass is 16.3. The van der Waals surface area contributed by atoms with Crippen LogP contribution in [0.1, 0.15) is 66.2 Å². The number of aliphatic hydroxyl groups excluding tert-OH is 1. The Balaban J connectivity index is 1.74. The maximum atomic E-state index is 10.5. The third kappa shape index (κ3) is 2.77. The monoisotopic (exact) mass is 288 g/mol. The van der Waals surface area contributed by atoms with Gasteiger partial charge in [0.15, 0.2) is 0 Å². The van der Waals surface area contributed by atoms with E-state index in [4.69, 9.17) is 4.42 Å². The molecule has 0 spiro atoms. The van der Waals surface area contributed by atoms with Gasteiger partial charge in [0.2, 0.25) is 0 Å². The molecule has 2 aromatic heterocycles. The molecule has 0 radical (unpaired) electrons. The van der Waals surface area contributed by atoms with Gasteiger partial charge >= 0.3 is 0 Å². The molecule has 21 heavy (non-hydrogen) atoms. The van der Waals surface area contributed by atoms with Crippen molar-refractivity contribution in [3.05, 3.63) is 40.6 Å². The van der Waals surface area contributed by atoms with Gasteiger partial charge in [-0.05, 0) is 45.2 Å². The summed E-state index contributed by atoms with van der Waals surface area (Å²) in [6.45, 7) is 5.85. The summed E-state index contributed by atoms with van der Waals surface area (Å²) >= 11 is 0. The molecule has 0 saturated heterocycles. The van der Waals surface area contributed by atoms with Gasteiger partial charge in [0.1, 0.15) is 11.5 Å². The number of aryl methyl sites for hydroxylation is 2. The van der Waals surface area contributed by atoms with Crippen LogP contribution in [-0.4, -0.2) is 14.9 Å². The lowest BCUT2D eigenvalue weighted by atomic mass is 10.0. The van der Waals surface area contributed by atoms with Crippen molar-refractivity contribution < 1.29 is 9.52 Å². The van der Waals surface area contributed by atoms with Crippen molar-refractivity contribution in [3.8, 4) is 0 Å². The summed E-state index contributed by atoms with van der Waals surface area (Å²) in [5, 5.41) is 15.2. The van der Waals surface area contributed by atoms with Gasteiger partial charge in [-0.25, -0.2) is 0 Å². The second-order valence-corrected chi connectivity index (χ2v) is 6.20. The van der Waals surface area contributed by atoms with Crippen LogP contribution in [0.15, 0.2) is 16.7 Å². The molecule has 0 aromatic carbocycles. The fraction of sp³-hybridized carbons (Fsp3) is 0.588. The number of nitrogens with zero attached hydrogens (tertiary/aromatic N) is 2. The van der Waals surface area contributed by atoms with Crippen molar-refractivity contribution in [2.24, 2.45) is 0 Å². The van der Waals surface area contributed by atoms with Crippen molar-refractivity contribution in [2.75, 3.05) is 0 Å². The molecular weight excluding hydrogens is 264 g/mol. The van der Waals surface area contributed by atoms with Crippen molar-refractivity contribution in [3.63, 3.8) is 0 Å². The zero-order valence-corrected chi connectivity index (χ0v) is 13.1. The number of rotatable bonds is 4. The Bertz CT molecular complexity index is 621. The van der Waals surface area contributed by atoms with Gasteiger partial charge in [-0.2, -0.15) is 5.10 Å². The van der Waals surface area contributed by atoms with Crippen LogP contribution < -0.4 is 0 Å². The van der Waals surface area contributed by atoms with Crippen molar-refractivity contribution in [2.45, 2.75) is 65.0 Å². The molecule has 114 valence electrons. The predicted molar refractivity (Wildman–Crippen MR) is 81.3 cm³/mol. The van der Waals surface area contributed by atoms with E-state index in [2.05, 4.69) is 16.0 Å². The van der Waals surface area contributed by atoms with Gasteiger partial charge < -0.3 is 9.52 Å². The number of aliphatic hydroxyl groups is 1. The molecule has 4 heteroatoms. The predicted octanol–water partition coefficient (Wildman–Crippen LogP) is 3.79. The number of furan rings is 1. The fourth-order valence-electron chi connectivity index (χ4n) is 3.46. The first kappa shape index (κ1) is 14.4. The van der Waals surface area contributed by atoms with Crippen LogP contribution in [0, 0.1) is 20.8 Å². The molecule has 0 aliphatic heterocycles. The van der Waals surface area contributed by atoms with Crippen LogP contribution in [0.4, 0.5) is 0 Å². The topological polar surface area (TPSA) is 51.2 Å². The van der Waals surface area contributed by atoms with E-state index in [1.807, 2.05) is 26.8 Å². The third-order valence-corrected chi connectivity index (χ3v) is 4.72. The molecule has 0 bridgehead atoms. The summed E-state index contributed by atoms with van der Waals surface area (Å²) in [6, 6.07) is 2.58. The molecule has 1 N–H and O–H groups in total. The van der Waals surface area contributed by atoms with Crippen molar-refractivity contribution in [1.82, 2.24) is 9.78 Å². The second-order valence-electron chi connectivity index (χ2n) is 6.20. The second kappa shape index (κ2) is 5.68. The third-order valence-electron chi connectivity index (χ3n) is 4.72. The van der Waals surface area contributed by atoms with Gasteiger partial charge in [-0.3, -0.25) is 4.68 Å². The zero-order chi connectivity index (χ0) is 15.0. The van der Waals surface area contributed by atoms with E-state index < -0.39 is 6.10 Å². The van der Waals surface area contributed by atoms with E-state index in [1.54, 1.807) is 0 Å². The average molecular weight is 288 g/mol.